The van der Waals surface area contributed by atoms with Gasteiger partial charge in [0.25, 0.3) is 0 Å². The maximum Gasteiger partial charge on any atom is 0.244 e. The molecule has 0 bridgehead atoms. The summed E-state index contributed by atoms with van der Waals surface area (Å²) in [4.78, 5) is 25.1. The van der Waals surface area contributed by atoms with Crippen molar-refractivity contribution in [1.82, 2.24) is 15.5 Å². The molecule has 6 heteroatoms. The molecule has 19 heavy (non-hydrogen) atoms. The Labute approximate surface area is 120 Å². The Kier molecular flexibility index (Phi) is 6.58. The standard InChI is InChI=1S/C13H23N3O2.ClH/c1-16-9-6-11(13(16)18)15-12(17)3-2-10-4-7-14-8-5-10;/h10-11,14H,2-9H2,1H3,(H,15,17);1H. The topological polar surface area (TPSA) is 61.4 Å². The summed E-state index contributed by atoms with van der Waals surface area (Å²) in [6, 6.07) is -0.282. The van der Waals surface area contributed by atoms with Crippen LogP contribution in [0.15, 0.2) is 0 Å². The maximum atomic E-state index is 11.8. The number of nitrogens with one attached hydrogen (secondary N) is 2. The van der Waals surface area contributed by atoms with E-state index in [-0.39, 0.29) is 30.3 Å². The summed E-state index contributed by atoms with van der Waals surface area (Å²) >= 11 is 0. The van der Waals surface area contributed by atoms with Crippen LogP contribution in [-0.4, -0.2) is 49.4 Å². The van der Waals surface area contributed by atoms with Gasteiger partial charge in [-0.3, -0.25) is 9.59 Å². The second kappa shape index (κ2) is 7.70. The molecular formula is C13H24ClN3O2. The lowest BCUT2D eigenvalue weighted by molar-refractivity contribution is -0.131. The highest BCUT2D eigenvalue weighted by Crippen LogP contribution is 2.18. The minimum absolute atomic E-state index is 0. The average Bonchev–Trinajstić information content (AvgIpc) is 2.70. The molecule has 2 amide bonds. The van der Waals surface area contributed by atoms with Crippen molar-refractivity contribution < 1.29 is 9.59 Å². The van der Waals surface area contributed by atoms with E-state index in [9.17, 15) is 9.59 Å². The van der Waals surface area contributed by atoms with Crippen molar-refractivity contribution in [2.75, 3.05) is 26.7 Å². The molecule has 0 radical (unpaired) electrons. The molecule has 0 aromatic rings. The van der Waals surface area contributed by atoms with Gasteiger partial charge >= 0.3 is 0 Å². The quantitative estimate of drug-likeness (QED) is 0.794. The van der Waals surface area contributed by atoms with Crippen LogP contribution in [0.1, 0.15) is 32.1 Å². The van der Waals surface area contributed by atoms with Crippen LogP contribution in [0.4, 0.5) is 0 Å². The molecule has 2 rings (SSSR count). The van der Waals surface area contributed by atoms with Crippen LogP contribution >= 0.6 is 12.4 Å². The first-order valence-corrected chi connectivity index (χ1v) is 6.92. The zero-order valence-corrected chi connectivity index (χ0v) is 12.3. The molecule has 5 nitrogen and oxygen atoms in total. The van der Waals surface area contributed by atoms with Crippen LogP contribution in [0.2, 0.25) is 0 Å². The van der Waals surface area contributed by atoms with Crippen molar-refractivity contribution in [3.05, 3.63) is 0 Å². The number of nitrogens with zero attached hydrogens (tertiary/aromatic N) is 1. The van der Waals surface area contributed by atoms with Gasteiger partial charge in [0.15, 0.2) is 0 Å². The van der Waals surface area contributed by atoms with Crippen molar-refractivity contribution in [3.8, 4) is 0 Å². The highest BCUT2D eigenvalue weighted by atomic mass is 35.5. The number of carbonyl (C=O) groups is 2. The van der Waals surface area contributed by atoms with E-state index in [0.29, 0.717) is 12.3 Å². The molecule has 0 saturated carbocycles. The van der Waals surface area contributed by atoms with Crippen LogP contribution < -0.4 is 10.6 Å². The molecule has 2 N–H and O–H groups in total. The molecule has 2 saturated heterocycles. The first-order valence-electron chi connectivity index (χ1n) is 6.92. The predicted molar refractivity (Wildman–Crippen MR) is 76.3 cm³/mol. The molecule has 0 aliphatic carbocycles. The van der Waals surface area contributed by atoms with Crippen molar-refractivity contribution >= 4 is 24.2 Å². The lowest BCUT2D eigenvalue weighted by atomic mass is 9.93. The van der Waals surface area contributed by atoms with Gasteiger partial charge in [-0.25, -0.2) is 0 Å². The Morgan fingerprint density at radius 3 is 2.63 bits per heavy atom. The van der Waals surface area contributed by atoms with Crippen molar-refractivity contribution in [2.24, 2.45) is 5.92 Å². The molecule has 0 spiro atoms. The Balaban J connectivity index is 0.00000180. The fourth-order valence-corrected chi connectivity index (χ4v) is 2.73. The molecule has 2 heterocycles. The third-order valence-electron chi connectivity index (χ3n) is 4.00. The zero-order valence-electron chi connectivity index (χ0n) is 11.5. The first-order chi connectivity index (χ1) is 8.66. The summed E-state index contributed by atoms with van der Waals surface area (Å²) in [6.07, 6.45) is 4.58. The average molecular weight is 290 g/mol. The van der Waals surface area contributed by atoms with Gasteiger partial charge in [0, 0.05) is 20.0 Å². The van der Waals surface area contributed by atoms with E-state index in [2.05, 4.69) is 10.6 Å². The molecular weight excluding hydrogens is 266 g/mol. The Bertz CT molecular complexity index is 319. The van der Waals surface area contributed by atoms with Crippen molar-refractivity contribution in [1.29, 1.82) is 0 Å². The third kappa shape index (κ3) is 4.66. The largest absolute Gasteiger partial charge is 0.344 e. The number of hydrogen-bond acceptors (Lipinski definition) is 3. The highest BCUT2D eigenvalue weighted by Gasteiger charge is 2.30. The second-order valence-electron chi connectivity index (χ2n) is 5.40. The van der Waals surface area contributed by atoms with E-state index < -0.39 is 0 Å². The maximum absolute atomic E-state index is 11.8. The van der Waals surface area contributed by atoms with Gasteiger partial charge < -0.3 is 15.5 Å². The molecule has 2 fully saturated rings. The zero-order chi connectivity index (χ0) is 13.0. The fourth-order valence-electron chi connectivity index (χ4n) is 2.73. The fraction of sp³-hybridized carbons (Fsp3) is 0.846. The minimum Gasteiger partial charge on any atom is -0.344 e. The van der Waals surface area contributed by atoms with E-state index in [1.807, 2.05) is 0 Å². The van der Waals surface area contributed by atoms with E-state index in [1.54, 1.807) is 11.9 Å². The van der Waals surface area contributed by atoms with Gasteiger partial charge in [-0.2, -0.15) is 0 Å². The summed E-state index contributed by atoms with van der Waals surface area (Å²) < 4.78 is 0. The molecule has 1 atom stereocenters. The van der Waals surface area contributed by atoms with Crippen LogP contribution in [0, 0.1) is 5.92 Å². The summed E-state index contributed by atoms with van der Waals surface area (Å²) in [5, 5.41) is 6.17. The molecule has 1 unspecified atom stereocenters. The normalized spacial score (nSPS) is 24.2. The molecule has 2 aliphatic rings. The summed E-state index contributed by atoms with van der Waals surface area (Å²) in [6.45, 7) is 2.88. The minimum atomic E-state index is -0.282. The second-order valence-corrected chi connectivity index (χ2v) is 5.40. The third-order valence-corrected chi connectivity index (χ3v) is 4.00. The van der Waals surface area contributed by atoms with Gasteiger partial charge in [-0.1, -0.05) is 0 Å². The molecule has 0 aromatic heterocycles. The highest BCUT2D eigenvalue weighted by molar-refractivity contribution is 5.88. The Morgan fingerprint density at radius 1 is 1.37 bits per heavy atom. The van der Waals surface area contributed by atoms with Gasteiger partial charge in [0.05, 0.1) is 0 Å². The number of likely N-dealkylation sites (tertiary alicyclic amines) is 1. The Morgan fingerprint density at radius 2 is 2.05 bits per heavy atom. The summed E-state index contributed by atoms with van der Waals surface area (Å²) in [5.74, 6) is 0.742. The number of rotatable bonds is 4. The number of likely N-dealkylation sites (N-methyl/N-ethyl adjacent to an activating group) is 1. The van der Waals surface area contributed by atoms with Crippen LogP contribution in [0.5, 0.6) is 0 Å². The summed E-state index contributed by atoms with van der Waals surface area (Å²) in [5.41, 5.74) is 0. The number of piperidine rings is 1. The predicted octanol–water partition coefficient (Wildman–Crippen LogP) is 0.535. The van der Waals surface area contributed by atoms with Crippen LogP contribution in [0.3, 0.4) is 0 Å². The summed E-state index contributed by atoms with van der Waals surface area (Å²) in [7, 11) is 1.78. The van der Waals surface area contributed by atoms with Crippen LogP contribution in [0.25, 0.3) is 0 Å². The van der Waals surface area contributed by atoms with E-state index in [1.165, 1.54) is 12.8 Å². The number of hydrogen-bond donors (Lipinski definition) is 2. The smallest absolute Gasteiger partial charge is 0.244 e. The van der Waals surface area contributed by atoms with E-state index in [0.717, 1.165) is 32.5 Å². The molecule has 110 valence electrons. The SMILES string of the molecule is CN1CCC(NC(=O)CCC2CCNCC2)C1=O.Cl. The van der Waals surface area contributed by atoms with E-state index in [4.69, 9.17) is 0 Å². The van der Waals surface area contributed by atoms with Gasteiger partial charge in [-0.05, 0) is 44.7 Å². The van der Waals surface area contributed by atoms with Gasteiger partial charge in [0.2, 0.25) is 11.8 Å². The first kappa shape index (κ1) is 16.2. The molecule has 0 aromatic carbocycles. The Hall–Kier alpha value is -0.810. The number of amides is 2. The number of halogens is 1. The molecule has 2 aliphatic heterocycles. The van der Waals surface area contributed by atoms with Gasteiger partial charge in [-0.15, -0.1) is 12.4 Å². The van der Waals surface area contributed by atoms with Crippen molar-refractivity contribution in [2.45, 2.75) is 38.1 Å². The number of carbonyl (C=O) groups excluding carboxylic acids is 2. The van der Waals surface area contributed by atoms with Crippen molar-refractivity contribution in [3.63, 3.8) is 0 Å². The van der Waals surface area contributed by atoms with Gasteiger partial charge in [0.1, 0.15) is 6.04 Å². The van der Waals surface area contributed by atoms with E-state index >= 15 is 0 Å². The monoisotopic (exact) mass is 289 g/mol. The lowest BCUT2D eigenvalue weighted by Crippen LogP contribution is -2.40. The van der Waals surface area contributed by atoms with Crippen LogP contribution in [-0.2, 0) is 9.59 Å². The lowest BCUT2D eigenvalue weighted by Gasteiger charge is -2.22.